The van der Waals surface area contributed by atoms with E-state index in [0.717, 1.165) is 18.2 Å². The molecule has 0 radical (unpaired) electrons. The molecule has 0 fully saturated rings. The zero-order valence-corrected chi connectivity index (χ0v) is 22.6. The predicted molar refractivity (Wildman–Crippen MR) is 151 cm³/mol. The summed E-state index contributed by atoms with van der Waals surface area (Å²) in [6.45, 7) is 6.75. The number of nitrogen functional groups attached to an aromatic ring is 1. The molecule has 0 aliphatic heterocycles. The van der Waals surface area contributed by atoms with Crippen molar-refractivity contribution in [3.05, 3.63) is 89.7 Å². The van der Waals surface area contributed by atoms with Crippen molar-refractivity contribution in [3.8, 4) is 40.2 Å². The summed E-state index contributed by atoms with van der Waals surface area (Å²) in [5.41, 5.74) is 7.24. The quantitative estimate of drug-likeness (QED) is 0.233. The van der Waals surface area contributed by atoms with Crippen LogP contribution in [-0.2, 0) is 11.8 Å². The van der Waals surface area contributed by atoms with E-state index in [1.807, 2.05) is 6.07 Å². The van der Waals surface area contributed by atoms with Gasteiger partial charge in [-0.3, -0.25) is 4.79 Å². The van der Waals surface area contributed by atoms with E-state index >= 15 is 13.2 Å². The van der Waals surface area contributed by atoms with Gasteiger partial charge in [-0.2, -0.15) is 5.26 Å². The number of nitrogens with zero attached hydrogens (tertiary/aromatic N) is 5. The number of pyridine rings is 1. The highest BCUT2D eigenvalue weighted by Crippen LogP contribution is 2.46. The molecule has 3 N–H and O–H groups in total. The van der Waals surface area contributed by atoms with Gasteiger partial charge in [0.15, 0.2) is 11.6 Å². The van der Waals surface area contributed by atoms with Gasteiger partial charge in [0.05, 0.1) is 22.2 Å². The lowest BCUT2D eigenvalue weighted by atomic mass is 9.96. The van der Waals surface area contributed by atoms with E-state index in [2.05, 4.69) is 26.8 Å². The second-order valence-corrected chi connectivity index (χ2v) is 9.45. The minimum Gasteiger partial charge on any atom is -0.421 e. The number of aromatic nitrogens is 4. The number of carbonyl (C=O) groups is 1. The molecule has 0 bridgehead atoms. The molecular formula is C30H22F3N7O2. The second-order valence-electron chi connectivity index (χ2n) is 9.45. The van der Waals surface area contributed by atoms with Gasteiger partial charge in [0, 0.05) is 59.2 Å². The van der Waals surface area contributed by atoms with Gasteiger partial charge >= 0.3 is 6.01 Å². The van der Waals surface area contributed by atoms with Gasteiger partial charge in [0.25, 0.3) is 5.91 Å². The fourth-order valence-corrected chi connectivity index (χ4v) is 4.56. The van der Waals surface area contributed by atoms with Gasteiger partial charge in [0.2, 0.25) is 0 Å². The number of carbonyl (C=O) groups excluding carboxylic acids is 1. The lowest BCUT2D eigenvalue weighted by Gasteiger charge is -2.13. The average molecular weight is 570 g/mol. The van der Waals surface area contributed by atoms with Crippen molar-refractivity contribution in [1.29, 1.82) is 5.26 Å². The molecule has 0 aliphatic rings. The Labute approximate surface area is 237 Å². The van der Waals surface area contributed by atoms with Gasteiger partial charge in [-0.25, -0.2) is 28.1 Å². The normalized spacial score (nSPS) is 10.9. The monoisotopic (exact) mass is 569 g/mol. The fourth-order valence-electron chi connectivity index (χ4n) is 4.56. The molecule has 0 saturated carbocycles. The van der Waals surface area contributed by atoms with Crippen LogP contribution >= 0.6 is 0 Å². The third-order valence-electron chi connectivity index (χ3n) is 6.49. The molecule has 1 amide bonds. The first-order chi connectivity index (χ1) is 20.0. The molecule has 210 valence electrons. The van der Waals surface area contributed by atoms with E-state index in [-0.39, 0.29) is 61.9 Å². The molecule has 0 aliphatic carbocycles. The molecule has 0 saturated heterocycles. The summed E-state index contributed by atoms with van der Waals surface area (Å²) in [6.07, 6.45) is 2.66. The summed E-state index contributed by atoms with van der Waals surface area (Å²) in [5, 5.41) is 12.4. The van der Waals surface area contributed by atoms with Crippen molar-refractivity contribution in [3.63, 3.8) is 0 Å². The highest BCUT2D eigenvalue weighted by molar-refractivity contribution is 6.11. The number of rotatable bonds is 6. The molecule has 0 spiro atoms. The Kier molecular flexibility index (Phi) is 7.10. The summed E-state index contributed by atoms with van der Waals surface area (Å²) in [4.78, 5) is 24.1. The van der Waals surface area contributed by atoms with Crippen LogP contribution in [0.15, 0.2) is 60.9 Å². The number of nitrogens with two attached hydrogens (primary N) is 1. The van der Waals surface area contributed by atoms with E-state index in [0.29, 0.717) is 5.69 Å². The minimum absolute atomic E-state index is 0.00183. The molecule has 5 rings (SSSR count). The maximum Gasteiger partial charge on any atom is 0.322 e. The predicted octanol–water partition coefficient (Wildman–Crippen LogP) is 6.18. The highest BCUT2D eigenvalue weighted by Gasteiger charge is 2.28. The van der Waals surface area contributed by atoms with Crippen molar-refractivity contribution in [2.45, 2.75) is 13.8 Å². The van der Waals surface area contributed by atoms with E-state index in [1.165, 1.54) is 36.0 Å². The number of halogens is 3. The van der Waals surface area contributed by atoms with Crippen LogP contribution < -0.4 is 15.8 Å². The number of anilines is 2. The van der Waals surface area contributed by atoms with Crippen LogP contribution in [-0.4, -0.2) is 25.4 Å². The molecule has 2 aromatic carbocycles. The van der Waals surface area contributed by atoms with Gasteiger partial charge in [-0.05, 0) is 44.2 Å². The largest absolute Gasteiger partial charge is 0.421 e. The van der Waals surface area contributed by atoms with Gasteiger partial charge in [-0.15, -0.1) is 0 Å². The van der Waals surface area contributed by atoms with E-state index < -0.39 is 29.1 Å². The van der Waals surface area contributed by atoms with E-state index in [9.17, 15) is 10.1 Å². The smallest absolute Gasteiger partial charge is 0.322 e. The van der Waals surface area contributed by atoms with Crippen LogP contribution in [0.4, 0.5) is 24.7 Å². The van der Waals surface area contributed by atoms with Crippen molar-refractivity contribution in [2.75, 3.05) is 11.1 Å². The van der Waals surface area contributed by atoms with Crippen molar-refractivity contribution in [2.24, 2.45) is 7.05 Å². The van der Waals surface area contributed by atoms with Gasteiger partial charge in [-0.1, -0.05) is 6.58 Å². The summed E-state index contributed by atoms with van der Waals surface area (Å²) < 4.78 is 53.8. The zero-order chi connectivity index (χ0) is 30.3. The number of amides is 1. The number of hydrogen-bond acceptors (Lipinski definition) is 7. The number of hydrogen-bond donors (Lipinski definition) is 2. The lowest BCUT2D eigenvalue weighted by Crippen LogP contribution is -2.12. The molecular weight excluding hydrogens is 547 g/mol. The Balaban J connectivity index is 1.75. The Hall–Kier alpha value is -5.70. The Morgan fingerprint density at radius 3 is 2.50 bits per heavy atom. The third-order valence-corrected chi connectivity index (χ3v) is 6.49. The van der Waals surface area contributed by atoms with Crippen molar-refractivity contribution >= 4 is 28.3 Å². The molecule has 42 heavy (non-hydrogen) atoms. The van der Waals surface area contributed by atoms with Crippen molar-refractivity contribution < 1.29 is 22.7 Å². The Morgan fingerprint density at radius 2 is 1.83 bits per heavy atom. The lowest BCUT2D eigenvalue weighted by molar-refractivity contribution is -0.112. The minimum atomic E-state index is -0.958. The topological polar surface area (TPSA) is 132 Å². The molecule has 9 nitrogen and oxygen atoms in total. The molecule has 0 atom stereocenters. The molecule has 0 unspecified atom stereocenters. The van der Waals surface area contributed by atoms with Crippen LogP contribution in [0.3, 0.4) is 0 Å². The zero-order valence-electron chi connectivity index (χ0n) is 22.6. The summed E-state index contributed by atoms with van der Waals surface area (Å²) in [5.74, 6) is -3.73. The van der Waals surface area contributed by atoms with Crippen LogP contribution in [0.5, 0.6) is 11.8 Å². The number of benzene rings is 2. The fraction of sp³-hybridized carbons (Fsp3) is 0.100. The Bertz CT molecular complexity index is 1980. The molecule has 3 aromatic heterocycles. The number of ether oxygens (including phenoxy) is 1. The standard InChI is InChI=1S/C30H22F3N7O2/c1-14(2)29(41)39-17-5-6-18(20(31)9-17)27-24(25-26(40(27)4)16(12-34)13-37-28(25)35)19-10-22(33)23(11-21(19)32)42-30-36-8-7-15(3)38-30/h5-11,13H,1H2,2-4H3,(H2,35,37)(H,39,41). The molecule has 3 heterocycles. The van der Waals surface area contributed by atoms with Crippen molar-refractivity contribution in [1.82, 2.24) is 19.5 Å². The van der Waals surface area contributed by atoms with Gasteiger partial charge < -0.3 is 20.4 Å². The first-order valence-corrected chi connectivity index (χ1v) is 12.4. The first kappa shape index (κ1) is 27.9. The first-order valence-electron chi connectivity index (χ1n) is 12.4. The maximum absolute atomic E-state index is 15.9. The van der Waals surface area contributed by atoms with E-state index in [4.69, 9.17) is 10.5 Å². The summed E-state index contributed by atoms with van der Waals surface area (Å²) in [7, 11) is 1.54. The maximum atomic E-state index is 15.9. The third kappa shape index (κ3) is 4.88. The number of nitriles is 1. The van der Waals surface area contributed by atoms with Crippen LogP contribution in [0.1, 0.15) is 18.2 Å². The van der Waals surface area contributed by atoms with Crippen LogP contribution in [0.2, 0.25) is 0 Å². The summed E-state index contributed by atoms with van der Waals surface area (Å²) in [6, 6.07) is 9.06. The summed E-state index contributed by atoms with van der Waals surface area (Å²) >= 11 is 0. The second kappa shape index (κ2) is 10.7. The Morgan fingerprint density at radius 1 is 1.10 bits per heavy atom. The number of nitrogens with one attached hydrogen (secondary N) is 1. The SMILES string of the molecule is C=C(C)C(=O)Nc1ccc(-c2c(-c3cc(F)c(Oc4nccc(C)n4)cc3F)c3c(N)ncc(C#N)c3n2C)c(F)c1. The average Bonchev–Trinajstić information content (AvgIpc) is 3.24. The highest BCUT2D eigenvalue weighted by atomic mass is 19.1. The molecule has 12 heteroatoms. The van der Waals surface area contributed by atoms with Gasteiger partial charge in [0.1, 0.15) is 23.5 Å². The van der Waals surface area contributed by atoms with Crippen LogP contribution in [0.25, 0.3) is 33.3 Å². The number of fused-ring (bicyclic) bond motifs is 1. The molecule has 5 aromatic rings. The number of aryl methyl sites for hydroxylation is 2. The van der Waals surface area contributed by atoms with Crippen LogP contribution in [0, 0.1) is 35.7 Å². The van der Waals surface area contributed by atoms with E-state index in [1.54, 1.807) is 20.0 Å².